The highest BCUT2D eigenvalue weighted by atomic mass is 31.2. The minimum absolute atomic E-state index is 0.174. The summed E-state index contributed by atoms with van der Waals surface area (Å²) in [6, 6.07) is 0. The summed E-state index contributed by atoms with van der Waals surface area (Å²) in [4.78, 5) is 42.6. The normalized spacial score (nSPS) is 13.1. The van der Waals surface area contributed by atoms with Crippen molar-refractivity contribution in [1.29, 1.82) is 0 Å². The highest BCUT2D eigenvalue weighted by molar-refractivity contribution is 7.46. The SMILES string of the molecule is CC/C=C\C/C=C\C/C=C\CCCCCC(=O)OC(COC(=O)CCCCCCC/C=C\CCCCCCC)COP(=O)(O)O. The average Bonchev–Trinajstić information content (AvgIpc) is 3.00. The van der Waals surface area contributed by atoms with Crippen LogP contribution in [-0.2, 0) is 28.2 Å². The zero-order valence-electron chi connectivity index (χ0n) is 28.3. The maximum atomic E-state index is 12.3. The predicted molar refractivity (Wildman–Crippen MR) is 184 cm³/mol. The molecule has 2 N–H and O–H groups in total. The second-order valence-electron chi connectivity index (χ2n) is 11.5. The average molecular weight is 655 g/mol. The van der Waals surface area contributed by atoms with Crippen LogP contribution in [0.5, 0.6) is 0 Å². The number of carbonyl (C=O) groups excluding carboxylic acids is 2. The fraction of sp³-hybridized carbons (Fsp3) is 0.722. The third kappa shape index (κ3) is 34.7. The molecule has 0 fully saturated rings. The number of hydrogen-bond acceptors (Lipinski definition) is 6. The van der Waals surface area contributed by atoms with Crippen molar-refractivity contribution in [3.63, 3.8) is 0 Å². The Labute approximate surface area is 274 Å². The molecule has 0 saturated heterocycles. The molecule has 0 aliphatic heterocycles. The molecule has 0 aliphatic carbocycles. The van der Waals surface area contributed by atoms with E-state index in [-0.39, 0.29) is 19.4 Å². The lowest BCUT2D eigenvalue weighted by Gasteiger charge is -2.18. The number of ether oxygens (including phenoxy) is 2. The van der Waals surface area contributed by atoms with Gasteiger partial charge in [-0.1, -0.05) is 114 Å². The van der Waals surface area contributed by atoms with Crippen molar-refractivity contribution in [3.8, 4) is 0 Å². The van der Waals surface area contributed by atoms with Gasteiger partial charge in [0.2, 0.25) is 0 Å². The minimum Gasteiger partial charge on any atom is -0.462 e. The van der Waals surface area contributed by atoms with E-state index >= 15 is 0 Å². The van der Waals surface area contributed by atoms with Crippen molar-refractivity contribution in [2.45, 2.75) is 155 Å². The lowest BCUT2D eigenvalue weighted by atomic mass is 10.1. The second-order valence-corrected chi connectivity index (χ2v) is 12.7. The van der Waals surface area contributed by atoms with Crippen LogP contribution >= 0.6 is 7.82 Å². The number of allylic oxidation sites excluding steroid dienone is 8. The van der Waals surface area contributed by atoms with Crippen LogP contribution in [0.15, 0.2) is 48.6 Å². The van der Waals surface area contributed by atoms with Gasteiger partial charge in [0.1, 0.15) is 6.61 Å². The molecule has 0 saturated carbocycles. The first-order chi connectivity index (χ1) is 21.8. The van der Waals surface area contributed by atoms with Gasteiger partial charge >= 0.3 is 19.8 Å². The lowest BCUT2D eigenvalue weighted by Crippen LogP contribution is -2.29. The van der Waals surface area contributed by atoms with Gasteiger partial charge in [0.25, 0.3) is 0 Å². The van der Waals surface area contributed by atoms with Crippen molar-refractivity contribution < 1.29 is 37.9 Å². The predicted octanol–water partition coefficient (Wildman–Crippen LogP) is 10.0. The van der Waals surface area contributed by atoms with Crippen LogP contribution in [0.2, 0.25) is 0 Å². The van der Waals surface area contributed by atoms with E-state index in [4.69, 9.17) is 19.3 Å². The second kappa shape index (κ2) is 32.0. The maximum absolute atomic E-state index is 12.3. The Balaban J connectivity index is 4.07. The molecule has 45 heavy (non-hydrogen) atoms. The van der Waals surface area contributed by atoms with Crippen LogP contribution in [0.4, 0.5) is 0 Å². The lowest BCUT2D eigenvalue weighted by molar-refractivity contribution is -0.161. The van der Waals surface area contributed by atoms with Gasteiger partial charge in [-0.25, -0.2) is 4.57 Å². The van der Waals surface area contributed by atoms with Crippen molar-refractivity contribution in [3.05, 3.63) is 48.6 Å². The van der Waals surface area contributed by atoms with Gasteiger partial charge in [0.05, 0.1) is 6.61 Å². The molecule has 0 bridgehead atoms. The van der Waals surface area contributed by atoms with E-state index in [1.165, 1.54) is 38.5 Å². The molecular formula is C36H63O8P. The van der Waals surface area contributed by atoms with Crippen LogP contribution in [0.1, 0.15) is 149 Å². The van der Waals surface area contributed by atoms with E-state index in [9.17, 15) is 14.2 Å². The van der Waals surface area contributed by atoms with Gasteiger partial charge in [0, 0.05) is 12.8 Å². The summed E-state index contributed by atoms with van der Waals surface area (Å²) in [6.07, 6.45) is 36.9. The molecule has 1 unspecified atom stereocenters. The number of hydrogen-bond donors (Lipinski definition) is 2. The first-order valence-corrected chi connectivity index (χ1v) is 19.0. The molecule has 260 valence electrons. The molecule has 0 amide bonds. The van der Waals surface area contributed by atoms with Crippen LogP contribution < -0.4 is 0 Å². The monoisotopic (exact) mass is 654 g/mol. The number of esters is 2. The van der Waals surface area contributed by atoms with Crippen LogP contribution in [-0.4, -0.2) is 41.0 Å². The largest absolute Gasteiger partial charge is 0.469 e. The molecule has 8 nitrogen and oxygen atoms in total. The number of rotatable bonds is 31. The molecule has 0 rings (SSSR count). The highest BCUT2D eigenvalue weighted by Crippen LogP contribution is 2.35. The minimum atomic E-state index is -4.76. The topological polar surface area (TPSA) is 119 Å². The van der Waals surface area contributed by atoms with E-state index < -0.39 is 32.5 Å². The number of carbonyl (C=O) groups is 2. The van der Waals surface area contributed by atoms with Crippen LogP contribution in [0.25, 0.3) is 0 Å². The Morgan fingerprint density at radius 3 is 1.64 bits per heavy atom. The Kier molecular flexibility index (Phi) is 30.6. The molecule has 0 aliphatic rings. The van der Waals surface area contributed by atoms with E-state index in [2.05, 4.69) is 67.0 Å². The summed E-state index contributed by atoms with van der Waals surface area (Å²) in [5.41, 5.74) is 0. The quantitative estimate of drug-likeness (QED) is 0.0328. The molecular weight excluding hydrogens is 591 g/mol. The molecule has 0 spiro atoms. The summed E-state index contributed by atoms with van der Waals surface area (Å²) in [5, 5.41) is 0. The molecule has 0 aromatic carbocycles. The Morgan fingerprint density at radius 2 is 1.07 bits per heavy atom. The summed E-state index contributed by atoms with van der Waals surface area (Å²) in [7, 11) is -4.76. The van der Waals surface area contributed by atoms with Gasteiger partial charge in [-0.3, -0.25) is 14.1 Å². The number of phosphoric ester groups is 1. The van der Waals surface area contributed by atoms with Gasteiger partial charge in [-0.05, 0) is 70.6 Å². The fourth-order valence-corrected chi connectivity index (χ4v) is 4.86. The Morgan fingerprint density at radius 1 is 0.600 bits per heavy atom. The first kappa shape index (κ1) is 43.0. The van der Waals surface area contributed by atoms with Crippen LogP contribution in [0, 0.1) is 0 Å². The van der Waals surface area contributed by atoms with Crippen molar-refractivity contribution in [2.75, 3.05) is 13.2 Å². The van der Waals surface area contributed by atoms with Crippen LogP contribution in [0.3, 0.4) is 0 Å². The van der Waals surface area contributed by atoms with E-state index in [1.54, 1.807) is 0 Å². The fourth-order valence-electron chi connectivity index (χ4n) is 4.50. The smallest absolute Gasteiger partial charge is 0.462 e. The molecule has 0 heterocycles. The van der Waals surface area contributed by atoms with E-state index in [0.29, 0.717) is 12.8 Å². The number of unbranched alkanes of at least 4 members (excludes halogenated alkanes) is 13. The molecule has 1 atom stereocenters. The zero-order chi connectivity index (χ0) is 33.3. The Bertz CT molecular complexity index is 874. The zero-order valence-corrected chi connectivity index (χ0v) is 29.1. The first-order valence-electron chi connectivity index (χ1n) is 17.4. The van der Waals surface area contributed by atoms with Crippen molar-refractivity contribution in [2.24, 2.45) is 0 Å². The third-order valence-electron chi connectivity index (χ3n) is 7.08. The van der Waals surface area contributed by atoms with Gasteiger partial charge in [0.15, 0.2) is 6.10 Å². The highest BCUT2D eigenvalue weighted by Gasteiger charge is 2.22. The van der Waals surface area contributed by atoms with Gasteiger partial charge in [-0.15, -0.1) is 0 Å². The molecule has 0 radical (unpaired) electrons. The standard InChI is InChI=1S/C36H63O8P/c1-3-5-7-9-11-13-15-17-19-20-22-24-26-28-30-35(37)42-32-34(33-43-45(39,40)41)44-36(38)31-29-27-25-23-21-18-16-14-12-10-8-6-4-2/h6,8,12,14-15,17-18,21,34H,3-5,7,9-11,13,16,19-20,22-33H2,1-2H3,(H2,39,40,41)/b8-6-,14-12-,17-15-,21-18-. The summed E-state index contributed by atoms with van der Waals surface area (Å²) < 4.78 is 26.2. The van der Waals surface area contributed by atoms with Gasteiger partial charge in [-0.2, -0.15) is 0 Å². The Hall–Kier alpha value is -1.99. The molecule has 0 aromatic heterocycles. The van der Waals surface area contributed by atoms with E-state index in [1.807, 2.05) is 0 Å². The third-order valence-corrected chi connectivity index (χ3v) is 7.57. The van der Waals surface area contributed by atoms with Gasteiger partial charge < -0.3 is 19.3 Å². The molecule has 0 aromatic rings. The summed E-state index contributed by atoms with van der Waals surface area (Å²) in [5.74, 6) is -0.934. The molecule has 9 heteroatoms. The summed E-state index contributed by atoms with van der Waals surface area (Å²) in [6.45, 7) is 3.50. The number of phosphoric acid groups is 1. The summed E-state index contributed by atoms with van der Waals surface area (Å²) >= 11 is 0. The van der Waals surface area contributed by atoms with Crippen molar-refractivity contribution >= 4 is 19.8 Å². The maximum Gasteiger partial charge on any atom is 0.469 e. The van der Waals surface area contributed by atoms with E-state index in [0.717, 1.165) is 70.6 Å². The van der Waals surface area contributed by atoms with Crippen molar-refractivity contribution in [1.82, 2.24) is 0 Å².